The third-order valence-corrected chi connectivity index (χ3v) is 3.77. The van der Waals surface area contributed by atoms with E-state index >= 15 is 0 Å². The normalized spacial score (nSPS) is 12.6. The summed E-state index contributed by atoms with van der Waals surface area (Å²) in [7, 11) is -16.2. The zero-order valence-electron chi connectivity index (χ0n) is 5.95. The molecule has 15 heteroatoms. The summed E-state index contributed by atoms with van der Waals surface area (Å²) in [4.78, 5) is 40.2. The predicted molar refractivity (Wildman–Crippen MR) is 43.2 cm³/mol. The average molecular weight is 341 g/mol. The maximum absolute atomic E-state index is 10.4. The second-order valence-corrected chi connectivity index (χ2v) is 5.82. The van der Waals surface area contributed by atoms with Crippen molar-refractivity contribution < 1.29 is 63.6 Å². The zero-order valence-corrected chi connectivity index (χ0v) is 9.68. The van der Waals surface area contributed by atoms with Crippen molar-refractivity contribution in [3.05, 3.63) is 0 Å². The summed E-state index contributed by atoms with van der Waals surface area (Å²) < 4.78 is 36.4. The van der Waals surface area contributed by atoms with Crippen molar-refractivity contribution in [2.24, 2.45) is 0 Å². The second kappa shape index (κ2) is 7.37. The van der Waals surface area contributed by atoms with Gasteiger partial charge in [0.2, 0.25) is 0 Å². The predicted octanol–water partition coefficient (Wildman–Crippen LogP) is -1.35. The Bertz CT molecular complexity index is 283. The summed E-state index contributed by atoms with van der Waals surface area (Å²) in [5, 5.41) is 0. The van der Waals surface area contributed by atoms with Crippen molar-refractivity contribution in [3.63, 3.8) is 0 Å². The first kappa shape index (κ1) is 22.1. The molecule has 0 fully saturated rings. The molecule has 91 valence electrons. The maximum atomic E-state index is 10.4. The second-order valence-electron chi connectivity index (χ2n) is 1.61. The minimum absolute atomic E-state index is 0. The van der Waals surface area contributed by atoms with Crippen molar-refractivity contribution in [2.75, 3.05) is 0 Å². The molecule has 15 heavy (non-hydrogen) atoms. The van der Waals surface area contributed by atoms with Gasteiger partial charge in [-0.1, -0.05) is 0 Å². The Morgan fingerprint density at radius 2 is 0.933 bits per heavy atom. The van der Waals surface area contributed by atoms with Gasteiger partial charge in [-0.05, 0) is 0 Å². The third kappa shape index (κ3) is 15.9. The first-order valence-electron chi connectivity index (χ1n) is 2.28. The van der Waals surface area contributed by atoms with Crippen molar-refractivity contribution in [3.8, 4) is 0 Å². The molecular formula is H6CoNaO10P3. The number of hydrogen-bond acceptors (Lipinski definition) is 5. The Hall–Kier alpha value is 1.92. The molecule has 10 nitrogen and oxygen atoms in total. The van der Waals surface area contributed by atoms with Crippen LogP contribution in [0.4, 0.5) is 0 Å². The molecule has 1 radical (unpaired) electrons. The molecule has 0 bridgehead atoms. The molecule has 5 N–H and O–H groups in total. The topological polar surface area (TPSA) is 171 Å². The van der Waals surface area contributed by atoms with Crippen LogP contribution in [-0.2, 0) is 39.1 Å². The molecule has 0 rings (SSSR count). The molecule has 0 aromatic rings. The van der Waals surface area contributed by atoms with E-state index < -0.39 is 23.5 Å². The standard InChI is InChI=1S/Co.Na.H5O10P3.H/c;;1-11(2,3)9-13(7,8)10-12(4,5)6;/h;;(H,7,8)(H2,1,2,3)(H2,4,5,6);. The molecule has 0 amide bonds. The summed E-state index contributed by atoms with van der Waals surface area (Å²) in [5.41, 5.74) is 0. The van der Waals surface area contributed by atoms with Crippen molar-refractivity contribution in [2.45, 2.75) is 0 Å². The average Bonchev–Trinajstić information content (AvgIpc) is 1.43. The van der Waals surface area contributed by atoms with Crippen molar-refractivity contribution >= 4 is 53.0 Å². The summed E-state index contributed by atoms with van der Waals surface area (Å²) in [6.45, 7) is 0. The number of rotatable bonds is 4. The summed E-state index contributed by atoms with van der Waals surface area (Å²) in [6, 6.07) is 0. The van der Waals surface area contributed by atoms with Gasteiger partial charge in [-0.15, -0.1) is 0 Å². The first-order valence-corrected chi connectivity index (χ1v) is 6.83. The van der Waals surface area contributed by atoms with Gasteiger partial charge >= 0.3 is 53.0 Å². The first-order chi connectivity index (χ1) is 5.41. The van der Waals surface area contributed by atoms with Gasteiger partial charge in [-0.2, -0.15) is 8.62 Å². The molecule has 0 unspecified atom stereocenters. The Labute approximate surface area is 116 Å². The van der Waals surface area contributed by atoms with Crippen LogP contribution in [0.15, 0.2) is 0 Å². The molecule has 0 heterocycles. The Morgan fingerprint density at radius 3 is 1.07 bits per heavy atom. The van der Waals surface area contributed by atoms with Crippen molar-refractivity contribution in [1.82, 2.24) is 0 Å². The van der Waals surface area contributed by atoms with Gasteiger partial charge < -0.3 is 24.5 Å². The molecule has 0 spiro atoms. The Kier molecular flexibility index (Phi) is 10.9. The Morgan fingerprint density at radius 1 is 0.733 bits per heavy atom. The number of phosphoric acid groups is 3. The summed E-state index contributed by atoms with van der Waals surface area (Å²) >= 11 is 0. The van der Waals surface area contributed by atoms with E-state index in [4.69, 9.17) is 24.5 Å². The fourth-order valence-corrected chi connectivity index (χ4v) is 2.82. The fourth-order valence-electron chi connectivity index (χ4n) is 0.284. The van der Waals surface area contributed by atoms with Crippen LogP contribution in [0.5, 0.6) is 0 Å². The quantitative estimate of drug-likeness (QED) is 0.304. The van der Waals surface area contributed by atoms with Crippen LogP contribution in [0.2, 0.25) is 0 Å². The molecule has 0 saturated carbocycles. The van der Waals surface area contributed by atoms with E-state index in [9.17, 15) is 13.7 Å². The van der Waals surface area contributed by atoms with E-state index in [1.165, 1.54) is 0 Å². The Balaban J connectivity index is -0.000000720. The van der Waals surface area contributed by atoms with Crippen LogP contribution in [0.3, 0.4) is 0 Å². The van der Waals surface area contributed by atoms with Gasteiger partial charge in [0.15, 0.2) is 0 Å². The van der Waals surface area contributed by atoms with E-state index in [0.717, 1.165) is 0 Å². The van der Waals surface area contributed by atoms with Crippen LogP contribution >= 0.6 is 23.5 Å². The summed E-state index contributed by atoms with van der Waals surface area (Å²) in [5.74, 6) is 0. The van der Waals surface area contributed by atoms with E-state index in [1.807, 2.05) is 0 Å². The van der Waals surface area contributed by atoms with E-state index in [1.54, 1.807) is 0 Å². The minimum atomic E-state index is -5.46. The molecule has 0 aliphatic heterocycles. The molecule has 0 atom stereocenters. The molecular weight excluding hydrogens is 335 g/mol. The van der Waals surface area contributed by atoms with Crippen LogP contribution in [0, 0.1) is 0 Å². The zero-order chi connectivity index (χ0) is 10.9. The molecule has 0 saturated heterocycles. The van der Waals surface area contributed by atoms with E-state index in [-0.39, 0.29) is 46.3 Å². The van der Waals surface area contributed by atoms with Crippen LogP contribution in [-0.4, -0.2) is 54.0 Å². The molecule has 0 aromatic heterocycles. The van der Waals surface area contributed by atoms with Gasteiger partial charge in [0.1, 0.15) is 0 Å². The van der Waals surface area contributed by atoms with Crippen LogP contribution in [0.25, 0.3) is 0 Å². The van der Waals surface area contributed by atoms with E-state index in [2.05, 4.69) is 8.62 Å². The molecule has 0 aliphatic rings. The monoisotopic (exact) mass is 341 g/mol. The van der Waals surface area contributed by atoms with Crippen molar-refractivity contribution in [1.29, 1.82) is 0 Å². The third-order valence-electron chi connectivity index (χ3n) is 0.419. The SMILES string of the molecule is O=P(O)(O)OP(=O)(O)OP(=O)(O)O.[Co].[NaH]. The van der Waals surface area contributed by atoms with E-state index in [0.29, 0.717) is 0 Å². The van der Waals surface area contributed by atoms with Gasteiger partial charge in [0.05, 0.1) is 0 Å². The van der Waals surface area contributed by atoms with Gasteiger partial charge in [-0.25, -0.2) is 13.7 Å². The van der Waals surface area contributed by atoms with Gasteiger partial charge in [0, 0.05) is 16.8 Å². The fraction of sp³-hybridized carbons (Fsp3) is 0. The van der Waals surface area contributed by atoms with Gasteiger partial charge in [-0.3, -0.25) is 0 Å². The van der Waals surface area contributed by atoms with Crippen LogP contribution < -0.4 is 0 Å². The molecule has 0 aliphatic carbocycles. The van der Waals surface area contributed by atoms with Crippen LogP contribution in [0.1, 0.15) is 0 Å². The summed E-state index contributed by atoms with van der Waals surface area (Å²) in [6.07, 6.45) is 0. The molecule has 0 aromatic carbocycles. The van der Waals surface area contributed by atoms with Gasteiger partial charge in [0.25, 0.3) is 0 Å². The number of hydrogen-bond donors (Lipinski definition) is 5.